The average Bonchev–Trinajstić information content (AvgIpc) is 3.03. The maximum absolute atomic E-state index is 12.1. The van der Waals surface area contributed by atoms with Gasteiger partial charge < -0.3 is 15.6 Å². The van der Waals surface area contributed by atoms with Crippen molar-refractivity contribution >= 4 is 22.6 Å². The summed E-state index contributed by atoms with van der Waals surface area (Å²) in [6, 6.07) is 8.12. The molecule has 0 saturated heterocycles. The van der Waals surface area contributed by atoms with E-state index in [2.05, 4.69) is 38.2 Å². The summed E-state index contributed by atoms with van der Waals surface area (Å²) >= 11 is 0. The molecule has 6 heteroatoms. The Balaban J connectivity index is 1.54. The molecule has 0 bridgehead atoms. The molecule has 0 aliphatic heterocycles. The molecule has 122 valence electrons. The van der Waals surface area contributed by atoms with Gasteiger partial charge in [0.25, 0.3) is 5.91 Å². The van der Waals surface area contributed by atoms with E-state index in [-0.39, 0.29) is 5.91 Å². The van der Waals surface area contributed by atoms with Gasteiger partial charge in [-0.2, -0.15) is 0 Å². The van der Waals surface area contributed by atoms with Crippen molar-refractivity contribution in [2.75, 3.05) is 18.4 Å². The van der Waals surface area contributed by atoms with Crippen LogP contribution in [0.1, 0.15) is 16.1 Å². The number of rotatable bonds is 7. The van der Waals surface area contributed by atoms with Crippen LogP contribution in [0.2, 0.25) is 0 Å². The molecule has 24 heavy (non-hydrogen) atoms. The number of aromatic amines is 1. The van der Waals surface area contributed by atoms with E-state index < -0.39 is 0 Å². The van der Waals surface area contributed by atoms with Crippen molar-refractivity contribution < 1.29 is 4.79 Å². The molecule has 0 fully saturated rings. The van der Waals surface area contributed by atoms with Gasteiger partial charge in [-0.15, -0.1) is 6.58 Å². The molecule has 2 aromatic heterocycles. The minimum Gasteiger partial charge on any atom is -0.365 e. The molecule has 0 unspecified atom stereocenters. The van der Waals surface area contributed by atoms with Crippen molar-refractivity contribution in [1.82, 2.24) is 20.3 Å². The molecule has 0 saturated carbocycles. The van der Waals surface area contributed by atoms with E-state index in [1.807, 2.05) is 24.4 Å². The number of para-hydroxylation sites is 1. The molecule has 3 aromatic rings. The van der Waals surface area contributed by atoms with E-state index in [0.717, 1.165) is 11.9 Å². The molecule has 3 rings (SSSR count). The van der Waals surface area contributed by atoms with Crippen molar-refractivity contribution in [2.24, 2.45) is 0 Å². The van der Waals surface area contributed by atoms with Crippen LogP contribution in [0.5, 0.6) is 0 Å². The number of benzene rings is 1. The molecule has 6 nitrogen and oxygen atoms in total. The highest BCUT2D eigenvalue weighted by Crippen LogP contribution is 2.17. The highest BCUT2D eigenvalue weighted by Gasteiger charge is 2.08. The number of hydrogen-bond acceptors (Lipinski definition) is 4. The molecule has 0 aliphatic carbocycles. The summed E-state index contributed by atoms with van der Waals surface area (Å²) in [4.78, 5) is 23.6. The Morgan fingerprint density at radius 3 is 2.92 bits per heavy atom. The number of aromatic nitrogens is 3. The Bertz CT molecular complexity index is 838. The van der Waals surface area contributed by atoms with E-state index >= 15 is 0 Å². The summed E-state index contributed by atoms with van der Waals surface area (Å²) < 4.78 is 0. The van der Waals surface area contributed by atoms with Crippen molar-refractivity contribution in [2.45, 2.75) is 6.42 Å². The summed E-state index contributed by atoms with van der Waals surface area (Å²) in [6.45, 7) is 4.76. The fraction of sp³-hybridized carbons (Fsp3) is 0.167. The van der Waals surface area contributed by atoms with Gasteiger partial charge in [0.15, 0.2) is 0 Å². The largest absolute Gasteiger partial charge is 0.365 e. The third-order valence-corrected chi connectivity index (χ3v) is 3.67. The van der Waals surface area contributed by atoms with Crippen LogP contribution >= 0.6 is 0 Å². The Labute approximate surface area is 140 Å². The summed E-state index contributed by atoms with van der Waals surface area (Å²) in [7, 11) is 0. The fourth-order valence-corrected chi connectivity index (χ4v) is 2.45. The quantitative estimate of drug-likeness (QED) is 0.584. The standard InChI is InChI=1S/C18H19N5O/c1-2-8-19-17-12-22-16(11-23-17)18(24)20-9-7-13-10-21-15-6-4-3-5-14(13)15/h2-6,10-12,21H,1,7-9H2,(H,19,23)(H,20,24). The van der Waals surface area contributed by atoms with Crippen LogP contribution in [0.4, 0.5) is 5.82 Å². The smallest absolute Gasteiger partial charge is 0.271 e. The van der Waals surface area contributed by atoms with Crippen LogP contribution < -0.4 is 10.6 Å². The number of carbonyl (C=O) groups excluding carboxylic acids is 1. The number of carbonyl (C=O) groups is 1. The van der Waals surface area contributed by atoms with E-state index in [1.54, 1.807) is 6.08 Å². The number of nitrogens with one attached hydrogen (secondary N) is 3. The van der Waals surface area contributed by atoms with Crippen molar-refractivity contribution in [1.29, 1.82) is 0 Å². The molecule has 0 aliphatic rings. The Morgan fingerprint density at radius 1 is 1.25 bits per heavy atom. The lowest BCUT2D eigenvalue weighted by Crippen LogP contribution is -2.26. The Morgan fingerprint density at radius 2 is 2.12 bits per heavy atom. The van der Waals surface area contributed by atoms with Gasteiger partial charge >= 0.3 is 0 Å². The van der Waals surface area contributed by atoms with Gasteiger partial charge in [0.05, 0.1) is 12.4 Å². The highest BCUT2D eigenvalue weighted by atomic mass is 16.1. The molecular formula is C18H19N5O. The van der Waals surface area contributed by atoms with Gasteiger partial charge in [-0.25, -0.2) is 9.97 Å². The molecule has 0 atom stereocenters. The summed E-state index contributed by atoms with van der Waals surface area (Å²) in [5, 5.41) is 7.07. The van der Waals surface area contributed by atoms with Crippen molar-refractivity contribution in [3.8, 4) is 0 Å². The minimum absolute atomic E-state index is 0.224. The number of amides is 1. The Hall–Kier alpha value is -3.15. The maximum atomic E-state index is 12.1. The van der Waals surface area contributed by atoms with Gasteiger partial charge in [0.2, 0.25) is 0 Å². The second-order valence-electron chi connectivity index (χ2n) is 5.32. The third kappa shape index (κ3) is 3.60. The first kappa shape index (κ1) is 15.7. The predicted molar refractivity (Wildman–Crippen MR) is 95.1 cm³/mol. The normalized spacial score (nSPS) is 10.5. The summed E-state index contributed by atoms with van der Waals surface area (Å²) in [5.74, 6) is 0.392. The lowest BCUT2D eigenvalue weighted by molar-refractivity contribution is 0.0949. The van der Waals surface area contributed by atoms with Gasteiger partial charge in [-0.3, -0.25) is 4.79 Å². The second kappa shape index (κ2) is 7.41. The minimum atomic E-state index is -0.224. The predicted octanol–water partition coefficient (Wildman–Crippen LogP) is 2.53. The maximum Gasteiger partial charge on any atom is 0.271 e. The first-order chi connectivity index (χ1) is 11.8. The van der Waals surface area contributed by atoms with Crippen LogP contribution in [-0.2, 0) is 6.42 Å². The monoisotopic (exact) mass is 321 g/mol. The number of hydrogen-bond donors (Lipinski definition) is 3. The van der Waals surface area contributed by atoms with E-state index in [9.17, 15) is 4.79 Å². The lowest BCUT2D eigenvalue weighted by Gasteiger charge is -2.05. The van der Waals surface area contributed by atoms with Crippen LogP contribution in [0.25, 0.3) is 10.9 Å². The first-order valence-corrected chi connectivity index (χ1v) is 7.78. The number of fused-ring (bicyclic) bond motifs is 1. The zero-order valence-corrected chi connectivity index (χ0v) is 13.2. The third-order valence-electron chi connectivity index (χ3n) is 3.67. The highest BCUT2D eigenvalue weighted by molar-refractivity contribution is 5.92. The second-order valence-corrected chi connectivity index (χ2v) is 5.32. The SMILES string of the molecule is C=CCNc1cnc(C(=O)NCCc2c[nH]c3ccccc23)cn1. The van der Waals surface area contributed by atoms with E-state index in [1.165, 1.54) is 23.3 Å². The zero-order chi connectivity index (χ0) is 16.8. The van der Waals surface area contributed by atoms with Gasteiger partial charge in [-0.1, -0.05) is 24.3 Å². The number of anilines is 1. The zero-order valence-electron chi connectivity index (χ0n) is 13.2. The molecule has 0 radical (unpaired) electrons. The van der Waals surface area contributed by atoms with Crippen LogP contribution in [0, 0.1) is 0 Å². The lowest BCUT2D eigenvalue weighted by atomic mass is 10.1. The van der Waals surface area contributed by atoms with Crippen LogP contribution in [0.3, 0.4) is 0 Å². The molecule has 3 N–H and O–H groups in total. The van der Waals surface area contributed by atoms with Crippen LogP contribution in [-0.4, -0.2) is 33.9 Å². The van der Waals surface area contributed by atoms with Crippen LogP contribution in [0.15, 0.2) is 55.5 Å². The topological polar surface area (TPSA) is 82.7 Å². The first-order valence-electron chi connectivity index (χ1n) is 7.78. The Kier molecular flexibility index (Phi) is 4.86. The molecule has 1 aromatic carbocycles. The summed E-state index contributed by atoms with van der Waals surface area (Å²) in [5.41, 5.74) is 2.59. The molecule has 0 spiro atoms. The van der Waals surface area contributed by atoms with Gasteiger partial charge in [0.1, 0.15) is 11.5 Å². The molecular weight excluding hydrogens is 302 g/mol. The number of nitrogens with zero attached hydrogens (tertiary/aromatic N) is 2. The van der Waals surface area contributed by atoms with E-state index in [4.69, 9.17) is 0 Å². The average molecular weight is 321 g/mol. The fourth-order valence-electron chi connectivity index (χ4n) is 2.45. The van der Waals surface area contributed by atoms with Crippen molar-refractivity contribution in [3.63, 3.8) is 0 Å². The molecule has 1 amide bonds. The van der Waals surface area contributed by atoms with Gasteiger partial charge in [-0.05, 0) is 18.1 Å². The molecule has 2 heterocycles. The number of H-pyrrole nitrogens is 1. The van der Waals surface area contributed by atoms with E-state index in [0.29, 0.717) is 24.6 Å². The van der Waals surface area contributed by atoms with Crippen molar-refractivity contribution in [3.05, 3.63) is 66.8 Å². The van der Waals surface area contributed by atoms with Gasteiger partial charge in [0, 0.05) is 30.2 Å². The summed E-state index contributed by atoms with van der Waals surface area (Å²) in [6.07, 6.45) is 7.47.